The van der Waals surface area contributed by atoms with E-state index in [1.165, 1.54) is 6.07 Å². The molecular formula is C17H13N3O3. The number of para-hydroxylation sites is 1. The molecule has 0 saturated carbocycles. The van der Waals surface area contributed by atoms with Crippen molar-refractivity contribution in [2.45, 2.75) is 6.92 Å². The molecule has 3 aromatic rings. The predicted molar refractivity (Wildman–Crippen MR) is 87.5 cm³/mol. The van der Waals surface area contributed by atoms with Crippen molar-refractivity contribution in [1.29, 1.82) is 0 Å². The van der Waals surface area contributed by atoms with Crippen molar-refractivity contribution in [3.63, 3.8) is 0 Å². The number of rotatable bonds is 3. The van der Waals surface area contributed by atoms with Gasteiger partial charge in [-0.1, -0.05) is 24.3 Å². The molecule has 2 aromatic carbocycles. The maximum atomic E-state index is 12.5. The summed E-state index contributed by atoms with van der Waals surface area (Å²) in [6.45, 7) is 1.65. The number of amides is 1. The summed E-state index contributed by atoms with van der Waals surface area (Å²) in [7, 11) is 0. The van der Waals surface area contributed by atoms with Crippen LogP contribution < -0.4 is 5.32 Å². The lowest BCUT2D eigenvalue weighted by Gasteiger charge is -2.08. The van der Waals surface area contributed by atoms with E-state index in [2.05, 4.69) is 10.3 Å². The van der Waals surface area contributed by atoms with Crippen molar-refractivity contribution >= 4 is 28.2 Å². The third kappa shape index (κ3) is 2.87. The Bertz CT molecular complexity index is 917. The maximum absolute atomic E-state index is 12.5. The monoisotopic (exact) mass is 307 g/mol. The standard InChI is InChI=1S/C17H13N3O3/c1-11-6-7-12(10-16(11)20(22)23)19-17(21)14-8-9-18-15-5-3-2-4-13(14)15/h2-10H,1H3,(H,19,21). The fraction of sp³-hybridized carbons (Fsp3) is 0.0588. The highest BCUT2D eigenvalue weighted by Crippen LogP contribution is 2.23. The number of hydrogen-bond donors (Lipinski definition) is 1. The van der Waals surface area contributed by atoms with E-state index in [0.717, 1.165) is 10.9 Å². The average Bonchev–Trinajstić information content (AvgIpc) is 2.55. The number of hydrogen-bond acceptors (Lipinski definition) is 4. The van der Waals surface area contributed by atoms with Crippen LogP contribution >= 0.6 is 0 Å². The molecule has 0 spiro atoms. The molecule has 3 rings (SSSR count). The van der Waals surface area contributed by atoms with E-state index in [-0.39, 0.29) is 11.6 Å². The van der Waals surface area contributed by atoms with Crippen LogP contribution in [0.25, 0.3) is 10.9 Å². The van der Waals surface area contributed by atoms with Gasteiger partial charge in [0.25, 0.3) is 11.6 Å². The molecule has 6 heteroatoms. The molecule has 1 heterocycles. The number of carbonyl (C=O) groups is 1. The number of nitrogens with zero attached hydrogens (tertiary/aromatic N) is 2. The highest BCUT2D eigenvalue weighted by molar-refractivity contribution is 6.12. The molecule has 1 amide bonds. The van der Waals surface area contributed by atoms with Gasteiger partial charge in [-0.25, -0.2) is 0 Å². The van der Waals surface area contributed by atoms with E-state index < -0.39 is 4.92 Å². The first-order valence-electron chi connectivity index (χ1n) is 6.96. The summed E-state index contributed by atoms with van der Waals surface area (Å²) in [6.07, 6.45) is 1.56. The van der Waals surface area contributed by atoms with E-state index in [1.807, 2.05) is 24.3 Å². The Hall–Kier alpha value is -3.28. The van der Waals surface area contributed by atoms with Gasteiger partial charge in [0.05, 0.1) is 16.0 Å². The molecule has 0 unspecified atom stereocenters. The maximum Gasteiger partial charge on any atom is 0.274 e. The van der Waals surface area contributed by atoms with E-state index in [4.69, 9.17) is 0 Å². The van der Waals surface area contributed by atoms with E-state index in [0.29, 0.717) is 16.8 Å². The van der Waals surface area contributed by atoms with Crippen LogP contribution in [0, 0.1) is 17.0 Å². The van der Waals surface area contributed by atoms with Gasteiger partial charge in [0, 0.05) is 28.9 Å². The molecule has 114 valence electrons. The molecular weight excluding hydrogens is 294 g/mol. The minimum Gasteiger partial charge on any atom is -0.322 e. The van der Waals surface area contributed by atoms with Gasteiger partial charge >= 0.3 is 0 Å². The third-order valence-corrected chi connectivity index (χ3v) is 3.56. The number of nitro benzene ring substituents is 1. The first kappa shape index (κ1) is 14.6. The first-order valence-corrected chi connectivity index (χ1v) is 6.96. The Kier molecular flexibility index (Phi) is 3.72. The zero-order valence-corrected chi connectivity index (χ0v) is 12.3. The van der Waals surface area contributed by atoms with Gasteiger partial charge < -0.3 is 5.32 Å². The molecule has 0 aliphatic heterocycles. The van der Waals surface area contributed by atoms with Gasteiger partial charge in [0.1, 0.15) is 0 Å². The lowest BCUT2D eigenvalue weighted by Crippen LogP contribution is -2.13. The molecule has 1 N–H and O–H groups in total. The molecule has 0 saturated heterocycles. The molecule has 0 fully saturated rings. The summed E-state index contributed by atoms with van der Waals surface area (Å²) in [5.41, 5.74) is 2.09. The molecule has 0 bridgehead atoms. The summed E-state index contributed by atoms with van der Waals surface area (Å²) in [5, 5.41) is 14.4. The number of aromatic nitrogens is 1. The molecule has 0 atom stereocenters. The Morgan fingerprint density at radius 3 is 2.74 bits per heavy atom. The molecule has 6 nitrogen and oxygen atoms in total. The van der Waals surface area contributed by atoms with Gasteiger partial charge in [-0.2, -0.15) is 0 Å². The normalized spacial score (nSPS) is 10.5. The number of pyridine rings is 1. The van der Waals surface area contributed by atoms with Crippen LogP contribution in [-0.4, -0.2) is 15.8 Å². The number of carbonyl (C=O) groups excluding carboxylic acids is 1. The fourth-order valence-corrected chi connectivity index (χ4v) is 2.38. The first-order chi connectivity index (χ1) is 11.1. The lowest BCUT2D eigenvalue weighted by molar-refractivity contribution is -0.385. The Balaban J connectivity index is 1.95. The second kappa shape index (κ2) is 5.84. The summed E-state index contributed by atoms with van der Waals surface area (Å²) in [6, 6.07) is 13.6. The van der Waals surface area contributed by atoms with Crippen molar-refractivity contribution in [1.82, 2.24) is 4.98 Å². The largest absolute Gasteiger partial charge is 0.322 e. The van der Waals surface area contributed by atoms with Crippen LogP contribution in [0.2, 0.25) is 0 Å². The van der Waals surface area contributed by atoms with Gasteiger partial charge in [-0.15, -0.1) is 0 Å². The topological polar surface area (TPSA) is 85.1 Å². The van der Waals surface area contributed by atoms with Crippen molar-refractivity contribution < 1.29 is 9.72 Å². The van der Waals surface area contributed by atoms with Crippen molar-refractivity contribution in [3.05, 3.63) is 76.0 Å². The Labute approximate surface area is 131 Å². The number of nitrogens with one attached hydrogen (secondary N) is 1. The van der Waals surface area contributed by atoms with Crippen molar-refractivity contribution in [2.75, 3.05) is 5.32 Å². The Morgan fingerprint density at radius 1 is 1.17 bits per heavy atom. The number of fused-ring (bicyclic) bond motifs is 1. The molecule has 23 heavy (non-hydrogen) atoms. The van der Waals surface area contributed by atoms with Crippen LogP contribution in [0.15, 0.2) is 54.7 Å². The van der Waals surface area contributed by atoms with Crippen molar-refractivity contribution in [2.24, 2.45) is 0 Å². The van der Waals surface area contributed by atoms with Crippen LogP contribution in [0.1, 0.15) is 15.9 Å². The smallest absolute Gasteiger partial charge is 0.274 e. The average molecular weight is 307 g/mol. The highest BCUT2D eigenvalue weighted by atomic mass is 16.6. The van der Waals surface area contributed by atoms with Crippen LogP contribution in [0.4, 0.5) is 11.4 Å². The van der Waals surface area contributed by atoms with E-state index in [9.17, 15) is 14.9 Å². The highest BCUT2D eigenvalue weighted by Gasteiger charge is 2.14. The number of aryl methyl sites for hydroxylation is 1. The SMILES string of the molecule is Cc1ccc(NC(=O)c2ccnc3ccccc23)cc1[N+](=O)[O-]. The fourth-order valence-electron chi connectivity index (χ4n) is 2.38. The Morgan fingerprint density at radius 2 is 1.96 bits per heavy atom. The number of anilines is 1. The molecule has 0 radical (unpaired) electrons. The quantitative estimate of drug-likeness (QED) is 0.590. The van der Waals surface area contributed by atoms with Crippen LogP contribution in [0.5, 0.6) is 0 Å². The second-order valence-corrected chi connectivity index (χ2v) is 5.09. The summed E-state index contributed by atoms with van der Waals surface area (Å²) < 4.78 is 0. The van der Waals surface area contributed by atoms with E-state index >= 15 is 0 Å². The van der Waals surface area contributed by atoms with Gasteiger partial charge in [-0.3, -0.25) is 19.9 Å². The summed E-state index contributed by atoms with van der Waals surface area (Å²) in [5.74, 6) is -0.332. The van der Waals surface area contributed by atoms with Crippen LogP contribution in [0.3, 0.4) is 0 Å². The van der Waals surface area contributed by atoms with E-state index in [1.54, 1.807) is 31.3 Å². The zero-order valence-electron chi connectivity index (χ0n) is 12.3. The van der Waals surface area contributed by atoms with Gasteiger partial charge in [-0.05, 0) is 25.1 Å². The molecule has 1 aromatic heterocycles. The predicted octanol–water partition coefficient (Wildman–Crippen LogP) is 3.70. The number of benzene rings is 2. The third-order valence-electron chi connectivity index (χ3n) is 3.56. The second-order valence-electron chi connectivity index (χ2n) is 5.09. The minimum atomic E-state index is -0.465. The molecule has 0 aliphatic carbocycles. The molecule has 0 aliphatic rings. The van der Waals surface area contributed by atoms with Crippen molar-refractivity contribution in [3.8, 4) is 0 Å². The van der Waals surface area contributed by atoms with Crippen LogP contribution in [-0.2, 0) is 0 Å². The zero-order chi connectivity index (χ0) is 16.4. The lowest BCUT2D eigenvalue weighted by atomic mass is 10.1. The summed E-state index contributed by atoms with van der Waals surface area (Å²) in [4.78, 5) is 27.2. The number of nitro groups is 1. The van der Waals surface area contributed by atoms with Gasteiger partial charge in [0.15, 0.2) is 0 Å². The van der Waals surface area contributed by atoms with Gasteiger partial charge in [0.2, 0.25) is 0 Å². The summed E-state index contributed by atoms with van der Waals surface area (Å²) >= 11 is 0. The minimum absolute atomic E-state index is 0.0256.